The van der Waals surface area contributed by atoms with Crippen molar-refractivity contribution in [1.82, 2.24) is 0 Å². The second-order valence-electron chi connectivity index (χ2n) is 7.12. The van der Waals surface area contributed by atoms with Gasteiger partial charge in [-0.1, -0.05) is 70.6 Å². The third-order valence-corrected chi connectivity index (χ3v) is 5.09. The lowest BCUT2D eigenvalue weighted by atomic mass is 9.90. The molecule has 0 saturated heterocycles. The molecule has 1 rings (SSSR count). The Morgan fingerprint density at radius 2 is 1.09 bits per heavy atom. The van der Waals surface area contributed by atoms with Gasteiger partial charge in [0.15, 0.2) is 11.9 Å². The Kier molecular flexibility index (Phi) is 11.4. The lowest BCUT2D eigenvalue weighted by Crippen LogP contribution is -2.35. The van der Waals surface area contributed by atoms with Crippen LogP contribution in [0.4, 0.5) is 0 Å². The molecular formula is C20H37NO2. The Hall–Kier alpha value is -0.590. The van der Waals surface area contributed by atoms with E-state index in [0.29, 0.717) is 0 Å². The molecule has 1 unspecified atom stereocenters. The number of nitrogens with zero attached hydrogens (tertiary/aromatic N) is 1. The zero-order valence-corrected chi connectivity index (χ0v) is 15.4. The largest absolute Gasteiger partial charge is 0.356 e. The molecule has 0 N–H and O–H groups in total. The van der Waals surface area contributed by atoms with Crippen LogP contribution in [0.2, 0.25) is 0 Å². The zero-order valence-electron chi connectivity index (χ0n) is 15.4. The monoisotopic (exact) mass is 323 g/mol. The third-order valence-electron chi connectivity index (χ3n) is 5.09. The Balaban J connectivity index is 2.53. The van der Waals surface area contributed by atoms with E-state index in [1.54, 1.807) is 7.11 Å². The molecule has 0 bridgehead atoms. The fourth-order valence-corrected chi connectivity index (χ4v) is 3.51. The van der Waals surface area contributed by atoms with Crippen LogP contribution in [0.5, 0.6) is 0 Å². The van der Waals surface area contributed by atoms with Gasteiger partial charge in [0, 0.05) is 7.11 Å². The lowest BCUT2D eigenvalue weighted by Gasteiger charge is -2.30. The second-order valence-corrected chi connectivity index (χ2v) is 7.12. The third kappa shape index (κ3) is 9.33. The topological polar surface area (TPSA) is 42.2 Å². The predicted octanol–water partition coefficient (Wildman–Crippen LogP) is 6.12. The second kappa shape index (κ2) is 12.8. The molecule has 0 aromatic carbocycles. The Labute approximate surface area is 143 Å². The molecule has 3 nitrogen and oxygen atoms in total. The van der Waals surface area contributed by atoms with Gasteiger partial charge < -0.3 is 9.47 Å². The van der Waals surface area contributed by atoms with Crippen LogP contribution in [0.3, 0.4) is 0 Å². The van der Waals surface area contributed by atoms with Crippen LogP contribution in [0.25, 0.3) is 0 Å². The summed E-state index contributed by atoms with van der Waals surface area (Å²) < 4.78 is 11.2. The average molecular weight is 324 g/mol. The molecule has 3 heteroatoms. The van der Waals surface area contributed by atoms with Crippen molar-refractivity contribution in [3.05, 3.63) is 0 Å². The minimum absolute atomic E-state index is 0.305. The summed E-state index contributed by atoms with van der Waals surface area (Å²) >= 11 is 0. The van der Waals surface area contributed by atoms with Crippen molar-refractivity contribution in [1.29, 1.82) is 5.26 Å². The molecule has 0 amide bonds. The first kappa shape index (κ1) is 20.5. The van der Waals surface area contributed by atoms with Crippen LogP contribution in [0.1, 0.15) is 103 Å². The van der Waals surface area contributed by atoms with Crippen LogP contribution in [-0.4, -0.2) is 19.0 Å². The highest BCUT2D eigenvalue weighted by Gasteiger charge is 2.32. The summed E-state index contributed by atoms with van der Waals surface area (Å²) in [5.74, 6) is 0. The van der Waals surface area contributed by atoms with Crippen molar-refractivity contribution >= 4 is 0 Å². The summed E-state index contributed by atoms with van der Waals surface area (Å²) in [4.78, 5) is 0. The molecule has 0 radical (unpaired) electrons. The normalized spacial score (nSPS) is 23.7. The maximum Gasteiger partial charge on any atom is 0.157 e. The first-order valence-electron chi connectivity index (χ1n) is 9.84. The minimum atomic E-state index is -0.646. The maximum atomic E-state index is 9.74. The van der Waals surface area contributed by atoms with Crippen molar-refractivity contribution in [3.63, 3.8) is 0 Å². The highest BCUT2D eigenvalue weighted by molar-refractivity contribution is 5.02. The van der Waals surface area contributed by atoms with Crippen molar-refractivity contribution in [2.75, 3.05) is 7.11 Å². The van der Waals surface area contributed by atoms with E-state index in [4.69, 9.17) is 9.47 Å². The molecule has 0 aromatic heterocycles. The molecule has 1 aliphatic rings. The summed E-state index contributed by atoms with van der Waals surface area (Å²) in [6.45, 7) is 1.89. The average Bonchev–Trinajstić information content (AvgIpc) is 2.56. The van der Waals surface area contributed by atoms with Gasteiger partial charge in [0.25, 0.3) is 0 Å². The van der Waals surface area contributed by atoms with E-state index in [9.17, 15) is 5.26 Å². The van der Waals surface area contributed by atoms with Gasteiger partial charge in [-0.2, -0.15) is 5.26 Å². The first-order valence-corrected chi connectivity index (χ1v) is 9.84. The fourth-order valence-electron chi connectivity index (χ4n) is 3.51. The van der Waals surface area contributed by atoms with Gasteiger partial charge in [-0.3, -0.25) is 0 Å². The zero-order chi connectivity index (χ0) is 16.8. The number of hydrogen-bond donors (Lipinski definition) is 0. The number of hydrogen-bond acceptors (Lipinski definition) is 3. The summed E-state index contributed by atoms with van der Waals surface area (Å²) in [6.07, 6.45) is 18.2. The molecule has 0 aromatic rings. The predicted molar refractivity (Wildman–Crippen MR) is 95.2 cm³/mol. The number of methoxy groups -OCH3 is 1. The highest BCUT2D eigenvalue weighted by Crippen LogP contribution is 2.28. The van der Waals surface area contributed by atoms with Gasteiger partial charge >= 0.3 is 0 Å². The summed E-state index contributed by atoms with van der Waals surface area (Å²) in [6, 6.07) is 2.48. The van der Waals surface area contributed by atoms with Crippen LogP contribution >= 0.6 is 0 Å². The molecule has 1 aliphatic carbocycles. The van der Waals surface area contributed by atoms with E-state index >= 15 is 0 Å². The van der Waals surface area contributed by atoms with Crippen molar-refractivity contribution < 1.29 is 9.47 Å². The van der Waals surface area contributed by atoms with Gasteiger partial charge in [0.1, 0.15) is 0 Å². The van der Waals surface area contributed by atoms with Crippen molar-refractivity contribution in [2.45, 2.75) is 115 Å². The van der Waals surface area contributed by atoms with Crippen LogP contribution in [0.15, 0.2) is 0 Å². The maximum absolute atomic E-state index is 9.74. The molecule has 0 heterocycles. The van der Waals surface area contributed by atoms with Crippen LogP contribution in [0, 0.1) is 11.3 Å². The van der Waals surface area contributed by atoms with Gasteiger partial charge in [0.05, 0.1) is 6.07 Å². The molecule has 1 fully saturated rings. The van der Waals surface area contributed by atoms with Crippen LogP contribution < -0.4 is 0 Å². The van der Waals surface area contributed by atoms with E-state index in [0.717, 1.165) is 25.7 Å². The summed E-state index contributed by atoms with van der Waals surface area (Å²) in [7, 11) is 1.64. The van der Waals surface area contributed by atoms with E-state index in [-0.39, 0.29) is 6.29 Å². The Bertz CT molecular complexity index is 308. The molecule has 1 atom stereocenters. The van der Waals surface area contributed by atoms with Crippen LogP contribution in [-0.2, 0) is 9.47 Å². The minimum Gasteiger partial charge on any atom is -0.356 e. The molecule has 23 heavy (non-hydrogen) atoms. The summed E-state index contributed by atoms with van der Waals surface area (Å²) in [5, 5.41) is 9.74. The van der Waals surface area contributed by atoms with E-state index in [2.05, 4.69) is 6.07 Å². The standard InChI is InChI=1S/C20H37NO2/c1-19(22-2)23-20(18-21)16-14-12-10-8-6-4-3-5-7-9-11-13-15-17-20/h19H,3-17H2,1-2H3. The highest BCUT2D eigenvalue weighted by atomic mass is 16.7. The molecule has 0 aliphatic heterocycles. The van der Waals surface area contributed by atoms with Gasteiger partial charge in [-0.05, 0) is 32.6 Å². The molecule has 0 spiro atoms. The molecule has 1 saturated carbocycles. The fraction of sp³-hybridized carbons (Fsp3) is 0.950. The smallest absolute Gasteiger partial charge is 0.157 e. The molecule has 134 valence electrons. The summed E-state index contributed by atoms with van der Waals surface area (Å²) in [5.41, 5.74) is -0.646. The van der Waals surface area contributed by atoms with E-state index < -0.39 is 5.60 Å². The number of nitriles is 1. The van der Waals surface area contributed by atoms with E-state index in [1.165, 1.54) is 70.6 Å². The SMILES string of the molecule is COC(C)OC1(C#N)CCCCCCCCCCCCCCC1. The Morgan fingerprint density at radius 3 is 1.39 bits per heavy atom. The first-order chi connectivity index (χ1) is 11.2. The number of rotatable bonds is 3. The van der Waals surface area contributed by atoms with Crippen molar-refractivity contribution in [2.24, 2.45) is 0 Å². The van der Waals surface area contributed by atoms with Gasteiger partial charge in [0.2, 0.25) is 0 Å². The number of ether oxygens (including phenoxy) is 2. The molecular weight excluding hydrogens is 286 g/mol. The van der Waals surface area contributed by atoms with Crippen molar-refractivity contribution in [3.8, 4) is 6.07 Å². The lowest BCUT2D eigenvalue weighted by molar-refractivity contribution is -0.175. The Morgan fingerprint density at radius 1 is 0.739 bits per heavy atom. The quantitative estimate of drug-likeness (QED) is 0.587. The van der Waals surface area contributed by atoms with E-state index in [1.807, 2.05) is 6.92 Å². The van der Waals surface area contributed by atoms with Gasteiger partial charge in [-0.15, -0.1) is 0 Å². The van der Waals surface area contributed by atoms with Gasteiger partial charge in [-0.25, -0.2) is 0 Å².